The van der Waals surface area contributed by atoms with Crippen molar-refractivity contribution < 1.29 is 22.3 Å². The fraction of sp³-hybridized carbons (Fsp3) is 0.200. The Labute approximate surface area is 167 Å². The number of anilines is 1. The summed E-state index contributed by atoms with van der Waals surface area (Å²) >= 11 is 0. The second-order valence-corrected chi connectivity index (χ2v) is 8.82. The molecule has 150 valence electrons. The van der Waals surface area contributed by atoms with E-state index in [0.29, 0.717) is 22.7 Å². The van der Waals surface area contributed by atoms with E-state index in [2.05, 4.69) is 10.4 Å². The SMILES string of the molecule is CC(Oc1ccccc1)C(=O)Nc1c2c(nn1-c1ccc(F)cc1)CS(=O)(=O)C2. The van der Waals surface area contributed by atoms with Crippen molar-refractivity contribution >= 4 is 21.6 Å². The van der Waals surface area contributed by atoms with Crippen LogP contribution in [0.25, 0.3) is 5.69 Å². The normalized spacial score (nSPS) is 15.5. The Kier molecular flexibility index (Phi) is 4.83. The molecule has 29 heavy (non-hydrogen) atoms. The summed E-state index contributed by atoms with van der Waals surface area (Å²) in [4.78, 5) is 12.7. The van der Waals surface area contributed by atoms with E-state index in [1.165, 1.54) is 28.9 Å². The molecule has 0 bridgehead atoms. The van der Waals surface area contributed by atoms with E-state index >= 15 is 0 Å². The number of hydrogen-bond donors (Lipinski definition) is 1. The minimum absolute atomic E-state index is 0.199. The first-order valence-electron chi connectivity index (χ1n) is 8.92. The van der Waals surface area contributed by atoms with Gasteiger partial charge in [-0.25, -0.2) is 17.5 Å². The van der Waals surface area contributed by atoms with Crippen molar-refractivity contribution in [3.05, 3.63) is 71.7 Å². The van der Waals surface area contributed by atoms with Crippen molar-refractivity contribution in [3.63, 3.8) is 0 Å². The fourth-order valence-electron chi connectivity index (χ4n) is 3.12. The second-order valence-electron chi connectivity index (χ2n) is 6.76. The van der Waals surface area contributed by atoms with Crippen LogP contribution in [0.1, 0.15) is 18.2 Å². The third-order valence-electron chi connectivity index (χ3n) is 4.53. The highest BCUT2D eigenvalue weighted by atomic mass is 32.2. The van der Waals surface area contributed by atoms with Crippen LogP contribution in [0.3, 0.4) is 0 Å². The minimum atomic E-state index is -3.31. The summed E-state index contributed by atoms with van der Waals surface area (Å²) in [6.45, 7) is 1.60. The predicted molar refractivity (Wildman–Crippen MR) is 105 cm³/mol. The van der Waals surface area contributed by atoms with E-state index in [1.807, 2.05) is 6.07 Å². The quantitative estimate of drug-likeness (QED) is 0.692. The molecule has 1 aliphatic rings. The lowest BCUT2D eigenvalue weighted by molar-refractivity contribution is -0.122. The van der Waals surface area contributed by atoms with Gasteiger partial charge < -0.3 is 10.1 Å². The van der Waals surface area contributed by atoms with Gasteiger partial charge in [-0.1, -0.05) is 18.2 Å². The number of sulfone groups is 1. The lowest BCUT2D eigenvalue weighted by atomic mass is 10.2. The van der Waals surface area contributed by atoms with Crippen LogP contribution in [0, 0.1) is 5.82 Å². The molecule has 0 fully saturated rings. The Morgan fingerprint density at radius 1 is 1.14 bits per heavy atom. The predicted octanol–water partition coefficient (Wildman–Crippen LogP) is 2.85. The van der Waals surface area contributed by atoms with Gasteiger partial charge in [-0.3, -0.25) is 4.79 Å². The molecular weight excluding hydrogens is 397 g/mol. The van der Waals surface area contributed by atoms with Gasteiger partial charge in [-0.05, 0) is 43.3 Å². The Morgan fingerprint density at radius 3 is 2.52 bits per heavy atom. The first-order valence-corrected chi connectivity index (χ1v) is 10.7. The third kappa shape index (κ3) is 4.00. The molecule has 0 radical (unpaired) electrons. The van der Waals surface area contributed by atoms with E-state index in [-0.39, 0.29) is 17.3 Å². The average Bonchev–Trinajstić information content (AvgIpc) is 3.15. The summed E-state index contributed by atoms with van der Waals surface area (Å²) in [5.41, 5.74) is 1.32. The van der Waals surface area contributed by atoms with Crippen molar-refractivity contribution in [1.29, 1.82) is 0 Å². The first-order chi connectivity index (χ1) is 13.8. The number of aromatic nitrogens is 2. The van der Waals surface area contributed by atoms with E-state index in [9.17, 15) is 17.6 Å². The highest BCUT2D eigenvalue weighted by molar-refractivity contribution is 7.90. The Bertz CT molecular complexity index is 1160. The zero-order chi connectivity index (χ0) is 20.6. The Hall–Kier alpha value is -3.20. The van der Waals surface area contributed by atoms with Gasteiger partial charge in [0.1, 0.15) is 17.4 Å². The van der Waals surface area contributed by atoms with Crippen LogP contribution in [0.4, 0.5) is 10.2 Å². The fourth-order valence-corrected chi connectivity index (χ4v) is 4.61. The van der Waals surface area contributed by atoms with E-state index in [1.54, 1.807) is 31.2 Å². The molecule has 2 aromatic carbocycles. The Morgan fingerprint density at radius 2 is 1.83 bits per heavy atom. The van der Waals surface area contributed by atoms with E-state index in [4.69, 9.17) is 4.74 Å². The number of ether oxygens (including phenoxy) is 1. The molecule has 1 amide bonds. The molecule has 0 saturated carbocycles. The molecule has 2 heterocycles. The van der Waals surface area contributed by atoms with Crippen LogP contribution >= 0.6 is 0 Å². The number of para-hydroxylation sites is 1. The number of fused-ring (bicyclic) bond motifs is 1. The van der Waals surface area contributed by atoms with Crippen molar-refractivity contribution in [2.45, 2.75) is 24.5 Å². The molecule has 0 aliphatic carbocycles. The summed E-state index contributed by atoms with van der Waals surface area (Å²) in [5, 5.41) is 7.08. The number of carbonyl (C=O) groups excluding carboxylic acids is 1. The molecule has 9 heteroatoms. The van der Waals surface area contributed by atoms with Crippen LogP contribution in [0.15, 0.2) is 54.6 Å². The van der Waals surface area contributed by atoms with Gasteiger partial charge in [0.25, 0.3) is 5.91 Å². The molecule has 3 aromatic rings. The molecule has 1 N–H and O–H groups in total. The monoisotopic (exact) mass is 415 g/mol. The van der Waals surface area contributed by atoms with Crippen LogP contribution < -0.4 is 10.1 Å². The van der Waals surface area contributed by atoms with Gasteiger partial charge in [0.15, 0.2) is 15.9 Å². The third-order valence-corrected chi connectivity index (χ3v) is 5.97. The zero-order valence-electron chi connectivity index (χ0n) is 15.5. The van der Waals surface area contributed by atoms with Gasteiger partial charge in [-0.2, -0.15) is 5.10 Å². The van der Waals surface area contributed by atoms with Gasteiger partial charge in [0, 0.05) is 5.56 Å². The molecule has 1 atom stereocenters. The number of amides is 1. The number of halogens is 1. The summed E-state index contributed by atoms with van der Waals surface area (Å²) in [6.07, 6.45) is -0.831. The number of nitrogens with one attached hydrogen (secondary N) is 1. The first kappa shape index (κ1) is 19.1. The van der Waals surface area contributed by atoms with Crippen molar-refractivity contribution in [2.24, 2.45) is 0 Å². The van der Waals surface area contributed by atoms with Crippen LogP contribution in [-0.4, -0.2) is 30.2 Å². The summed E-state index contributed by atoms with van der Waals surface area (Å²) in [7, 11) is -3.31. The van der Waals surface area contributed by atoms with E-state index in [0.717, 1.165) is 0 Å². The van der Waals surface area contributed by atoms with Crippen molar-refractivity contribution in [2.75, 3.05) is 5.32 Å². The van der Waals surface area contributed by atoms with Crippen LogP contribution in [0.2, 0.25) is 0 Å². The molecule has 1 aromatic heterocycles. The van der Waals surface area contributed by atoms with Gasteiger partial charge in [0.2, 0.25) is 0 Å². The summed E-state index contributed by atoms with van der Waals surface area (Å²) in [5.74, 6) is -0.491. The number of rotatable bonds is 5. The lowest BCUT2D eigenvalue weighted by Crippen LogP contribution is -2.31. The highest BCUT2D eigenvalue weighted by Crippen LogP contribution is 2.33. The number of nitrogens with zero attached hydrogens (tertiary/aromatic N) is 2. The van der Waals surface area contributed by atoms with Gasteiger partial charge in [0.05, 0.1) is 22.9 Å². The maximum Gasteiger partial charge on any atom is 0.266 e. The van der Waals surface area contributed by atoms with Gasteiger partial charge in [-0.15, -0.1) is 0 Å². The van der Waals surface area contributed by atoms with Crippen molar-refractivity contribution in [1.82, 2.24) is 9.78 Å². The average molecular weight is 415 g/mol. The highest BCUT2D eigenvalue weighted by Gasteiger charge is 2.33. The smallest absolute Gasteiger partial charge is 0.266 e. The number of hydrogen-bond acceptors (Lipinski definition) is 5. The lowest BCUT2D eigenvalue weighted by Gasteiger charge is -2.16. The summed E-state index contributed by atoms with van der Waals surface area (Å²) in [6, 6.07) is 14.4. The molecule has 0 saturated heterocycles. The number of benzene rings is 2. The van der Waals surface area contributed by atoms with Crippen LogP contribution in [-0.2, 0) is 26.1 Å². The molecule has 1 unspecified atom stereocenters. The standard InChI is InChI=1S/C20H18FN3O4S/c1-13(28-16-5-3-2-4-6-16)20(25)22-19-17-11-29(26,27)12-18(17)23-24(19)15-9-7-14(21)8-10-15/h2-10,13H,11-12H2,1H3,(H,22,25). The topological polar surface area (TPSA) is 90.3 Å². The second kappa shape index (κ2) is 7.32. The minimum Gasteiger partial charge on any atom is -0.481 e. The largest absolute Gasteiger partial charge is 0.481 e. The zero-order valence-corrected chi connectivity index (χ0v) is 16.3. The van der Waals surface area contributed by atoms with Gasteiger partial charge >= 0.3 is 0 Å². The molecule has 1 aliphatic heterocycles. The maximum absolute atomic E-state index is 13.3. The number of carbonyl (C=O) groups is 1. The van der Waals surface area contributed by atoms with Crippen molar-refractivity contribution in [3.8, 4) is 11.4 Å². The van der Waals surface area contributed by atoms with E-state index < -0.39 is 27.7 Å². The molecule has 7 nitrogen and oxygen atoms in total. The molecular formula is C20H18FN3O4S. The maximum atomic E-state index is 13.3. The Balaban J connectivity index is 1.65. The summed E-state index contributed by atoms with van der Waals surface area (Å²) < 4.78 is 44.4. The molecule has 0 spiro atoms. The molecule has 4 rings (SSSR count). The van der Waals surface area contributed by atoms with Crippen LogP contribution in [0.5, 0.6) is 5.75 Å².